The second-order valence-corrected chi connectivity index (χ2v) is 4.47. The first-order chi connectivity index (χ1) is 9.81. The lowest BCUT2D eigenvalue weighted by molar-refractivity contribution is -0.424. The lowest BCUT2D eigenvalue weighted by atomic mass is 10.1. The highest BCUT2D eigenvalue weighted by Crippen LogP contribution is 2.12. The number of halogens is 1. The number of carbonyl (C=O) groups excluding carboxylic acids is 2. The molecule has 0 fully saturated rings. The summed E-state index contributed by atoms with van der Waals surface area (Å²) in [7, 11) is 1.21. The van der Waals surface area contributed by atoms with E-state index in [2.05, 4.69) is 5.73 Å². The van der Waals surface area contributed by atoms with Gasteiger partial charge in [0.15, 0.2) is 0 Å². The summed E-state index contributed by atoms with van der Waals surface area (Å²) < 4.78 is 4.88. The zero-order chi connectivity index (χ0) is 16.0. The summed E-state index contributed by atoms with van der Waals surface area (Å²) in [4.78, 5) is 32.8. The second-order valence-electron chi connectivity index (χ2n) is 4.47. The van der Waals surface area contributed by atoms with Gasteiger partial charge in [0.25, 0.3) is 5.69 Å². The van der Waals surface area contributed by atoms with Gasteiger partial charge in [0.2, 0.25) is 0 Å². The van der Waals surface area contributed by atoms with Crippen LogP contribution in [0.2, 0.25) is 0 Å². The van der Waals surface area contributed by atoms with Crippen molar-refractivity contribution in [2.24, 2.45) is 5.73 Å². The fraction of sp³-hybridized carbons (Fsp3) is 0.333. The van der Waals surface area contributed by atoms with E-state index in [4.69, 9.17) is 10.5 Å². The van der Waals surface area contributed by atoms with Crippen molar-refractivity contribution >= 4 is 17.8 Å². The zero-order valence-electron chi connectivity index (χ0n) is 11.9. The van der Waals surface area contributed by atoms with Crippen LogP contribution in [-0.2, 0) is 11.2 Å². The summed E-state index contributed by atoms with van der Waals surface area (Å²) in [6, 6.07) is 4.87. The number of carbonyl (C=O) groups is 2. The third kappa shape index (κ3) is 5.94. The van der Waals surface area contributed by atoms with Crippen LogP contribution in [0, 0.1) is 10.1 Å². The van der Waals surface area contributed by atoms with Gasteiger partial charge in [0.1, 0.15) is 12.6 Å². The number of urea groups is 1. The number of imide groups is 1. The fourth-order valence-electron chi connectivity index (χ4n) is 1.52. The molecule has 0 saturated heterocycles. The molecule has 1 rings (SSSR count). The minimum Gasteiger partial charge on any atom is -1.00 e. The fourth-order valence-corrected chi connectivity index (χ4v) is 1.52. The molecule has 5 N–H and O–H groups in total. The van der Waals surface area contributed by atoms with Crippen LogP contribution in [0.3, 0.4) is 0 Å². The molecular weight excluding hydrogens is 316 g/mol. The van der Waals surface area contributed by atoms with Crippen molar-refractivity contribution in [3.8, 4) is 0 Å². The van der Waals surface area contributed by atoms with E-state index >= 15 is 0 Å². The molecule has 0 saturated carbocycles. The number of quaternary nitrogens is 1. The van der Waals surface area contributed by atoms with E-state index in [0.717, 1.165) is 5.56 Å². The van der Waals surface area contributed by atoms with Crippen LogP contribution in [0.4, 0.5) is 15.3 Å². The highest BCUT2D eigenvalue weighted by Gasteiger charge is 2.18. The van der Waals surface area contributed by atoms with Crippen molar-refractivity contribution in [3.05, 3.63) is 39.9 Å². The van der Waals surface area contributed by atoms with Crippen molar-refractivity contribution in [2.75, 3.05) is 13.7 Å². The van der Waals surface area contributed by atoms with Gasteiger partial charge < -0.3 is 28.6 Å². The van der Waals surface area contributed by atoms with Crippen molar-refractivity contribution in [3.63, 3.8) is 0 Å². The van der Waals surface area contributed by atoms with E-state index in [-0.39, 0.29) is 30.7 Å². The molecular formula is C12H17ClN4O5. The van der Waals surface area contributed by atoms with E-state index < -0.39 is 17.0 Å². The van der Waals surface area contributed by atoms with Crippen LogP contribution in [0.15, 0.2) is 24.3 Å². The van der Waals surface area contributed by atoms with Crippen molar-refractivity contribution in [1.29, 1.82) is 0 Å². The number of nitro groups is 1. The number of nitro benzene ring substituents is 1. The molecule has 0 aromatic heterocycles. The molecule has 0 radical (unpaired) electrons. The SMILES string of the molecule is CN(C(N)=O)C(=O)OC[C@H]([NH3+])Cc1ccc([N+](=O)[O-])cc1.[Cl-]. The van der Waals surface area contributed by atoms with Crippen LogP contribution in [0.25, 0.3) is 0 Å². The van der Waals surface area contributed by atoms with E-state index in [1.165, 1.54) is 19.2 Å². The van der Waals surface area contributed by atoms with E-state index in [1.54, 1.807) is 12.1 Å². The minimum absolute atomic E-state index is 0. The molecule has 0 unspecified atom stereocenters. The molecule has 0 aliphatic heterocycles. The normalized spacial score (nSPS) is 11.0. The minimum atomic E-state index is -0.906. The van der Waals surface area contributed by atoms with Gasteiger partial charge >= 0.3 is 12.1 Å². The average Bonchev–Trinajstić information content (AvgIpc) is 2.44. The van der Waals surface area contributed by atoms with Gasteiger partial charge in [0, 0.05) is 25.6 Å². The molecule has 0 aliphatic rings. The number of ether oxygens (including phenoxy) is 1. The molecule has 0 aliphatic carbocycles. The summed E-state index contributed by atoms with van der Waals surface area (Å²) >= 11 is 0. The van der Waals surface area contributed by atoms with Crippen molar-refractivity contribution in [2.45, 2.75) is 12.5 Å². The Morgan fingerprint density at radius 2 is 1.95 bits per heavy atom. The van der Waals surface area contributed by atoms with E-state index in [1.807, 2.05) is 0 Å². The average molecular weight is 333 g/mol. The topological polar surface area (TPSA) is 143 Å². The third-order valence-corrected chi connectivity index (χ3v) is 2.72. The molecule has 10 heteroatoms. The molecule has 1 aromatic carbocycles. The Bertz CT molecular complexity index is 537. The highest BCUT2D eigenvalue weighted by molar-refractivity contribution is 5.89. The Morgan fingerprint density at radius 3 is 2.41 bits per heavy atom. The smallest absolute Gasteiger partial charge is 0.417 e. The quantitative estimate of drug-likeness (QED) is 0.433. The number of primary amides is 1. The van der Waals surface area contributed by atoms with Crippen LogP contribution in [0.5, 0.6) is 0 Å². The Labute approximate surface area is 132 Å². The van der Waals surface area contributed by atoms with Crippen LogP contribution < -0.4 is 23.9 Å². The Balaban J connectivity index is 0.00000441. The predicted octanol–water partition coefficient (Wildman–Crippen LogP) is -3.10. The molecule has 0 bridgehead atoms. The van der Waals surface area contributed by atoms with Crippen molar-refractivity contribution < 1.29 is 37.4 Å². The number of non-ortho nitro benzene ring substituents is 1. The van der Waals surface area contributed by atoms with Gasteiger partial charge in [-0.2, -0.15) is 0 Å². The van der Waals surface area contributed by atoms with Crippen molar-refractivity contribution in [1.82, 2.24) is 4.90 Å². The molecule has 0 heterocycles. The number of rotatable bonds is 5. The summed E-state index contributed by atoms with van der Waals surface area (Å²) in [5, 5.41) is 10.5. The first kappa shape index (κ1) is 19.6. The molecule has 1 aromatic rings. The summed E-state index contributed by atoms with van der Waals surface area (Å²) in [5.74, 6) is 0. The molecule has 122 valence electrons. The maximum Gasteiger partial charge on any atom is 0.417 e. The van der Waals surface area contributed by atoms with Crippen LogP contribution in [-0.4, -0.2) is 41.6 Å². The standard InChI is InChI=1S/C12H16N4O5.ClH/c1-15(11(14)17)12(18)21-7-9(13)6-8-2-4-10(5-3-8)16(19)20;/h2-5,9H,6-7,13H2,1H3,(H2,14,17);1H/t9-;/m1./s1. The van der Waals surface area contributed by atoms with Gasteiger partial charge in [0.05, 0.1) is 4.92 Å². The van der Waals surface area contributed by atoms with Crippen LogP contribution in [0.1, 0.15) is 5.56 Å². The van der Waals surface area contributed by atoms with Gasteiger partial charge in [-0.15, -0.1) is 0 Å². The second kappa shape index (κ2) is 8.80. The number of hydrogen-bond acceptors (Lipinski definition) is 5. The number of benzene rings is 1. The predicted molar refractivity (Wildman–Crippen MR) is 72.2 cm³/mol. The molecule has 0 spiro atoms. The molecule has 9 nitrogen and oxygen atoms in total. The van der Waals surface area contributed by atoms with Gasteiger partial charge in [-0.3, -0.25) is 10.1 Å². The largest absolute Gasteiger partial charge is 1.00 e. The van der Waals surface area contributed by atoms with Gasteiger partial charge in [-0.25, -0.2) is 14.5 Å². The zero-order valence-corrected chi connectivity index (χ0v) is 12.7. The van der Waals surface area contributed by atoms with Crippen LogP contribution >= 0.6 is 0 Å². The number of hydrogen-bond donors (Lipinski definition) is 2. The first-order valence-electron chi connectivity index (χ1n) is 6.07. The Kier molecular flexibility index (Phi) is 7.84. The molecule has 1 atom stereocenters. The summed E-state index contributed by atoms with van der Waals surface area (Å²) in [6.45, 7) is 0.00738. The van der Waals surface area contributed by atoms with Gasteiger partial charge in [-0.05, 0) is 5.56 Å². The maximum absolute atomic E-state index is 11.4. The number of nitrogens with two attached hydrogens (primary N) is 1. The first-order valence-corrected chi connectivity index (χ1v) is 6.07. The summed E-state index contributed by atoms with van der Waals surface area (Å²) in [5.41, 5.74) is 9.58. The maximum atomic E-state index is 11.4. The van der Waals surface area contributed by atoms with Gasteiger partial charge in [-0.1, -0.05) is 12.1 Å². The van der Waals surface area contributed by atoms with E-state index in [9.17, 15) is 19.7 Å². The highest BCUT2D eigenvalue weighted by atomic mass is 35.5. The molecule has 3 amide bonds. The number of amides is 3. The third-order valence-electron chi connectivity index (χ3n) is 2.72. The Hall–Kier alpha value is -2.39. The number of nitrogens with zero attached hydrogens (tertiary/aromatic N) is 2. The van der Waals surface area contributed by atoms with E-state index in [0.29, 0.717) is 11.3 Å². The Morgan fingerprint density at radius 1 is 1.41 bits per heavy atom. The molecule has 22 heavy (non-hydrogen) atoms. The lowest BCUT2D eigenvalue weighted by Gasteiger charge is -2.14. The monoisotopic (exact) mass is 332 g/mol. The lowest BCUT2D eigenvalue weighted by Crippen LogP contribution is -3.00. The summed E-state index contributed by atoms with van der Waals surface area (Å²) in [6.07, 6.45) is -0.370.